The second-order valence-corrected chi connectivity index (χ2v) is 4.35. The van der Waals surface area contributed by atoms with Crippen LogP contribution in [0.25, 0.3) is 0 Å². The minimum Gasteiger partial charge on any atom is -0.376 e. The molecule has 0 aromatic rings. The molecule has 3 N–H and O–H groups in total. The van der Waals surface area contributed by atoms with Gasteiger partial charge in [0, 0.05) is 13.2 Å². The zero-order valence-electron chi connectivity index (χ0n) is 10.4. The molecule has 1 rings (SSSR count). The van der Waals surface area contributed by atoms with Crippen molar-refractivity contribution in [2.45, 2.75) is 51.6 Å². The van der Waals surface area contributed by atoms with Crippen molar-refractivity contribution in [1.29, 1.82) is 0 Å². The molecule has 0 aliphatic carbocycles. The van der Waals surface area contributed by atoms with E-state index in [2.05, 4.69) is 17.2 Å². The Labute approximate surface area is 98.6 Å². The Bertz CT molecular complexity index is 200. The van der Waals surface area contributed by atoms with E-state index in [0.717, 1.165) is 26.0 Å². The van der Waals surface area contributed by atoms with E-state index in [1.165, 1.54) is 25.7 Å². The van der Waals surface area contributed by atoms with Gasteiger partial charge in [-0.15, -0.1) is 0 Å². The summed E-state index contributed by atoms with van der Waals surface area (Å²) >= 11 is 0. The van der Waals surface area contributed by atoms with Gasteiger partial charge in [-0.2, -0.15) is 0 Å². The van der Waals surface area contributed by atoms with E-state index in [4.69, 9.17) is 10.5 Å². The van der Waals surface area contributed by atoms with Crippen molar-refractivity contribution >= 4 is 5.96 Å². The number of hydrogen-bond acceptors (Lipinski definition) is 2. The molecule has 1 aliphatic heterocycles. The van der Waals surface area contributed by atoms with Crippen molar-refractivity contribution < 1.29 is 4.74 Å². The SMILES string of the molecule is CCCCCCNC(N)=NCC1CCCO1. The van der Waals surface area contributed by atoms with Crippen molar-refractivity contribution in [2.75, 3.05) is 19.7 Å². The van der Waals surface area contributed by atoms with Gasteiger partial charge >= 0.3 is 0 Å². The van der Waals surface area contributed by atoms with E-state index in [1.807, 2.05) is 0 Å². The average Bonchev–Trinajstić information content (AvgIpc) is 2.79. The van der Waals surface area contributed by atoms with E-state index in [9.17, 15) is 0 Å². The Hall–Kier alpha value is -0.770. The first kappa shape index (κ1) is 13.3. The first-order valence-corrected chi connectivity index (χ1v) is 6.48. The average molecular weight is 227 g/mol. The van der Waals surface area contributed by atoms with Gasteiger partial charge in [-0.05, 0) is 19.3 Å². The standard InChI is InChI=1S/C12H25N3O/c1-2-3-4-5-8-14-12(13)15-10-11-7-6-9-16-11/h11H,2-10H2,1H3,(H3,13,14,15). The third-order valence-corrected chi connectivity index (χ3v) is 2.83. The maximum absolute atomic E-state index is 5.75. The molecule has 1 fully saturated rings. The van der Waals surface area contributed by atoms with Crippen molar-refractivity contribution in [2.24, 2.45) is 10.7 Å². The van der Waals surface area contributed by atoms with Crippen molar-refractivity contribution in [3.05, 3.63) is 0 Å². The molecule has 0 saturated carbocycles. The molecule has 1 heterocycles. The molecule has 4 nitrogen and oxygen atoms in total. The topological polar surface area (TPSA) is 59.6 Å². The van der Waals surface area contributed by atoms with Gasteiger partial charge in [0.2, 0.25) is 0 Å². The van der Waals surface area contributed by atoms with Gasteiger partial charge in [-0.1, -0.05) is 26.2 Å². The van der Waals surface area contributed by atoms with Crippen LogP contribution in [0.2, 0.25) is 0 Å². The number of rotatable bonds is 7. The number of guanidine groups is 1. The predicted molar refractivity (Wildman–Crippen MR) is 67.6 cm³/mol. The number of nitrogens with two attached hydrogens (primary N) is 1. The Morgan fingerprint density at radius 1 is 1.44 bits per heavy atom. The highest BCUT2D eigenvalue weighted by Gasteiger charge is 2.14. The Balaban J connectivity index is 1.99. The fourth-order valence-corrected chi connectivity index (χ4v) is 1.81. The molecule has 0 amide bonds. The molecule has 94 valence electrons. The lowest BCUT2D eigenvalue weighted by atomic mass is 10.2. The van der Waals surface area contributed by atoms with E-state index >= 15 is 0 Å². The lowest BCUT2D eigenvalue weighted by Gasteiger charge is -2.08. The molecule has 0 radical (unpaired) electrons. The minimum absolute atomic E-state index is 0.292. The monoisotopic (exact) mass is 227 g/mol. The van der Waals surface area contributed by atoms with Crippen LogP contribution in [-0.4, -0.2) is 31.8 Å². The van der Waals surface area contributed by atoms with Crippen LogP contribution >= 0.6 is 0 Å². The zero-order valence-corrected chi connectivity index (χ0v) is 10.4. The largest absolute Gasteiger partial charge is 0.376 e. The van der Waals surface area contributed by atoms with Crippen LogP contribution < -0.4 is 11.1 Å². The zero-order chi connectivity index (χ0) is 11.6. The predicted octanol–water partition coefficient (Wildman–Crippen LogP) is 1.65. The van der Waals surface area contributed by atoms with Gasteiger partial charge in [-0.3, -0.25) is 4.99 Å². The molecule has 0 aromatic carbocycles. The van der Waals surface area contributed by atoms with Crippen molar-refractivity contribution in [3.63, 3.8) is 0 Å². The summed E-state index contributed by atoms with van der Waals surface area (Å²) in [5.74, 6) is 0.562. The van der Waals surface area contributed by atoms with Gasteiger partial charge < -0.3 is 15.8 Å². The molecule has 1 saturated heterocycles. The minimum atomic E-state index is 0.292. The molecule has 0 bridgehead atoms. The number of unbranched alkanes of at least 4 members (excludes halogenated alkanes) is 3. The van der Waals surface area contributed by atoms with Crippen LogP contribution in [0.1, 0.15) is 45.4 Å². The number of hydrogen-bond donors (Lipinski definition) is 2. The number of aliphatic imine (C=N–C) groups is 1. The van der Waals surface area contributed by atoms with Crippen LogP contribution in [-0.2, 0) is 4.74 Å². The molecule has 1 atom stereocenters. The maximum atomic E-state index is 5.75. The third-order valence-electron chi connectivity index (χ3n) is 2.83. The van der Waals surface area contributed by atoms with Gasteiger partial charge in [0.05, 0.1) is 12.6 Å². The summed E-state index contributed by atoms with van der Waals surface area (Å²) in [7, 11) is 0. The maximum Gasteiger partial charge on any atom is 0.188 e. The van der Waals surface area contributed by atoms with Crippen LogP contribution in [0.5, 0.6) is 0 Å². The highest BCUT2D eigenvalue weighted by molar-refractivity contribution is 5.77. The smallest absolute Gasteiger partial charge is 0.188 e. The lowest BCUT2D eigenvalue weighted by Crippen LogP contribution is -2.33. The summed E-state index contributed by atoms with van der Waals surface area (Å²) < 4.78 is 5.47. The number of nitrogens with one attached hydrogen (secondary N) is 1. The van der Waals surface area contributed by atoms with Gasteiger partial charge in [0.25, 0.3) is 0 Å². The molecular weight excluding hydrogens is 202 g/mol. The summed E-state index contributed by atoms with van der Waals surface area (Å²) in [5, 5.41) is 3.14. The summed E-state index contributed by atoms with van der Waals surface area (Å²) in [6.07, 6.45) is 7.57. The van der Waals surface area contributed by atoms with Crippen LogP contribution in [0.3, 0.4) is 0 Å². The van der Waals surface area contributed by atoms with E-state index in [1.54, 1.807) is 0 Å². The lowest BCUT2D eigenvalue weighted by molar-refractivity contribution is 0.118. The Morgan fingerprint density at radius 3 is 3.00 bits per heavy atom. The van der Waals surface area contributed by atoms with Gasteiger partial charge in [0.15, 0.2) is 5.96 Å². The van der Waals surface area contributed by atoms with Crippen molar-refractivity contribution in [3.8, 4) is 0 Å². The first-order valence-electron chi connectivity index (χ1n) is 6.48. The van der Waals surface area contributed by atoms with E-state index in [-0.39, 0.29) is 0 Å². The van der Waals surface area contributed by atoms with Crippen LogP contribution in [0.4, 0.5) is 0 Å². The molecular formula is C12H25N3O. The van der Waals surface area contributed by atoms with E-state index in [0.29, 0.717) is 18.6 Å². The van der Waals surface area contributed by atoms with Crippen LogP contribution in [0.15, 0.2) is 4.99 Å². The summed E-state index contributed by atoms with van der Waals surface area (Å²) in [6, 6.07) is 0. The van der Waals surface area contributed by atoms with Gasteiger partial charge in [0.1, 0.15) is 0 Å². The molecule has 0 aromatic heterocycles. The first-order chi connectivity index (χ1) is 7.83. The highest BCUT2D eigenvalue weighted by Crippen LogP contribution is 2.11. The molecule has 0 spiro atoms. The van der Waals surface area contributed by atoms with Gasteiger partial charge in [-0.25, -0.2) is 0 Å². The second-order valence-electron chi connectivity index (χ2n) is 4.35. The molecule has 4 heteroatoms. The second kappa shape index (κ2) is 8.39. The summed E-state index contributed by atoms with van der Waals surface area (Å²) in [6.45, 7) is 4.73. The van der Waals surface area contributed by atoms with Crippen molar-refractivity contribution in [1.82, 2.24) is 5.32 Å². The number of nitrogens with zero attached hydrogens (tertiary/aromatic N) is 1. The molecule has 1 aliphatic rings. The molecule has 16 heavy (non-hydrogen) atoms. The highest BCUT2D eigenvalue weighted by atomic mass is 16.5. The Kier molecular flexibility index (Phi) is 6.97. The van der Waals surface area contributed by atoms with Crippen LogP contribution in [0, 0.1) is 0 Å². The van der Waals surface area contributed by atoms with E-state index < -0.39 is 0 Å². The Morgan fingerprint density at radius 2 is 2.31 bits per heavy atom. The molecule has 1 unspecified atom stereocenters. The fraction of sp³-hybridized carbons (Fsp3) is 0.917. The summed E-state index contributed by atoms with van der Waals surface area (Å²) in [5.41, 5.74) is 5.75. The third kappa shape index (κ3) is 5.95. The normalized spacial score (nSPS) is 21.3. The number of ether oxygens (including phenoxy) is 1. The summed E-state index contributed by atoms with van der Waals surface area (Å²) in [4.78, 5) is 4.28. The fourth-order valence-electron chi connectivity index (χ4n) is 1.81. The quantitative estimate of drug-likeness (QED) is 0.395.